The number of hydrogen-bond donors (Lipinski definition) is 2. The predicted octanol–water partition coefficient (Wildman–Crippen LogP) is 1.92. The molecule has 6 heteroatoms. The maximum Gasteiger partial charge on any atom is 0.338 e. The van der Waals surface area contributed by atoms with Crippen molar-refractivity contribution >= 4 is 17.9 Å². The fraction of sp³-hybridized carbons (Fsp3) is 0.312. The van der Waals surface area contributed by atoms with Crippen molar-refractivity contribution < 1.29 is 29.3 Å². The summed E-state index contributed by atoms with van der Waals surface area (Å²) in [6.07, 6.45) is 2.51. The SMILES string of the molecule is C=CCCc1c(CC(C(=O)O)C(=O)O)cccc1C(=O)OC. The number of hydrogen-bond acceptors (Lipinski definition) is 4. The zero-order valence-corrected chi connectivity index (χ0v) is 12.2. The molecule has 0 spiro atoms. The van der Waals surface area contributed by atoms with Crippen LogP contribution in [0.1, 0.15) is 27.9 Å². The molecule has 1 rings (SSSR count). The number of benzene rings is 1. The number of carboxylic acids is 2. The van der Waals surface area contributed by atoms with Crippen molar-refractivity contribution in [1.82, 2.24) is 0 Å². The Hall–Kier alpha value is -2.63. The molecule has 22 heavy (non-hydrogen) atoms. The number of carbonyl (C=O) groups excluding carboxylic acids is 1. The molecule has 0 atom stereocenters. The van der Waals surface area contributed by atoms with Gasteiger partial charge in [0.05, 0.1) is 12.7 Å². The first-order valence-corrected chi connectivity index (χ1v) is 6.68. The van der Waals surface area contributed by atoms with Gasteiger partial charge in [0.15, 0.2) is 5.92 Å². The lowest BCUT2D eigenvalue weighted by Crippen LogP contribution is -2.26. The van der Waals surface area contributed by atoms with Gasteiger partial charge in [-0.25, -0.2) is 4.79 Å². The Morgan fingerprint density at radius 2 is 1.91 bits per heavy atom. The number of aliphatic carboxylic acids is 2. The summed E-state index contributed by atoms with van der Waals surface area (Å²) in [5.74, 6) is -4.92. The summed E-state index contributed by atoms with van der Waals surface area (Å²) in [5, 5.41) is 18.0. The van der Waals surface area contributed by atoms with Gasteiger partial charge in [0.1, 0.15) is 0 Å². The van der Waals surface area contributed by atoms with E-state index in [2.05, 4.69) is 6.58 Å². The van der Waals surface area contributed by atoms with Crippen LogP contribution in [0.2, 0.25) is 0 Å². The third-order valence-corrected chi connectivity index (χ3v) is 3.30. The van der Waals surface area contributed by atoms with Crippen LogP contribution >= 0.6 is 0 Å². The Morgan fingerprint density at radius 1 is 1.27 bits per heavy atom. The van der Waals surface area contributed by atoms with Gasteiger partial charge in [-0.05, 0) is 36.5 Å². The first-order chi connectivity index (χ1) is 10.4. The highest BCUT2D eigenvalue weighted by Crippen LogP contribution is 2.22. The molecule has 1 aromatic rings. The van der Waals surface area contributed by atoms with Crippen LogP contribution in [0.5, 0.6) is 0 Å². The van der Waals surface area contributed by atoms with Gasteiger partial charge < -0.3 is 14.9 Å². The lowest BCUT2D eigenvalue weighted by atomic mass is 9.90. The fourth-order valence-electron chi connectivity index (χ4n) is 2.17. The van der Waals surface area contributed by atoms with Crippen molar-refractivity contribution in [3.05, 3.63) is 47.5 Å². The Kier molecular flexibility index (Phi) is 6.31. The largest absolute Gasteiger partial charge is 0.481 e. The van der Waals surface area contributed by atoms with Crippen molar-refractivity contribution in [2.24, 2.45) is 5.92 Å². The number of carboxylic acid groups (broad SMARTS) is 2. The highest BCUT2D eigenvalue weighted by Gasteiger charge is 2.27. The molecule has 6 nitrogen and oxygen atoms in total. The lowest BCUT2D eigenvalue weighted by Gasteiger charge is -2.15. The van der Waals surface area contributed by atoms with Gasteiger partial charge >= 0.3 is 17.9 Å². The molecule has 0 aromatic heterocycles. The Morgan fingerprint density at radius 3 is 2.41 bits per heavy atom. The van der Waals surface area contributed by atoms with E-state index < -0.39 is 23.8 Å². The summed E-state index contributed by atoms with van der Waals surface area (Å²) in [5.41, 5.74) is 1.43. The van der Waals surface area contributed by atoms with Crippen LogP contribution in [0.25, 0.3) is 0 Å². The van der Waals surface area contributed by atoms with E-state index in [9.17, 15) is 14.4 Å². The molecule has 0 bridgehead atoms. The van der Waals surface area contributed by atoms with Crippen molar-refractivity contribution in [2.75, 3.05) is 7.11 Å². The number of methoxy groups -OCH3 is 1. The van der Waals surface area contributed by atoms with Gasteiger partial charge in [-0.2, -0.15) is 0 Å². The maximum absolute atomic E-state index is 11.8. The van der Waals surface area contributed by atoms with Crippen molar-refractivity contribution in [1.29, 1.82) is 0 Å². The third kappa shape index (κ3) is 4.18. The number of esters is 1. The van der Waals surface area contributed by atoms with Gasteiger partial charge in [-0.15, -0.1) is 6.58 Å². The molecule has 0 aliphatic rings. The van der Waals surface area contributed by atoms with E-state index in [0.29, 0.717) is 29.5 Å². The van der Waals surface area contributed by atoms with Crippen LogP contribution in [0, 0.1) is 5.92 Å². The number of carbonyl (C=O) groups is 3. The first-order valence-electron chi connectivity index (χ1n) is 6.68. The van der Waals surface area contributed by atoms with Gasteiger partial charge in [0.25, 0.3) is 0 Å². The minimum atomic E-state index is -1.56. The van der Waals surface area contributed by atoms with Crippen LogP contribution in [0.4, 0.5) is 0 Å². The standard InChI is InChI=1S/C16H18O6/c1-3-4-7-11-10(9-13(14(17)18)15(19)20)6-5-8-12(11)16(21)22-2/h3,5-6,8,13H,1,4,7,9H2,2H3,(H,17,18)(H,19,20). The molecule has 0 saturated carbocycles. The van der Waals surface area contributed by atoms with Gasteiger partial charge in [-0.1, -0.05) is 18.2 Å². The molecule has 0 heterocycles. The Balaban J connectivity index is 3.27. The monoisotopic (exact) mass is 306 g/mol. The fourth-order valence-corrected chi connectivity index (χ4v) is 2.17. The number of ether oxygens (including phenoxy) is 1. The molecule has 0 amide bonds. The Bertz CT molecular complexity index is 576. The van der Waals surface area contributed by atoms with Crippen LogP contribution in [0.15, 0.2) is 30.9 Å². The molecule has 2 N–H and O–H groups in total. The minimum Gasteiger partial charge on any atom is -0.481 e. The second kappa shape index (κ2) is 7.97. The summed E-state index contributed by atoms with van der Waals surface area (Å²) in [6, 6.07) is 4.79. The first kappa shape index (κ1) is 17.4. The van der Waals surface area contributed by atoms with Crippen LogP contribution in [-0.4, -0.2) is 35.2 Å². The molecule has 0 unspecified atom stereocenters. The van der Waals surface area contributed by atoms with Gasteiger partial charge in [0, 0.05) is 0 Å². The second-order valence-electron chi connectivity index (χ2n) is 4.70. The molecular formula is C16H18O6. The zero-order chi connectivity index (χ0) is 16.7. The summed E-state index contributed by atoms with van der Waals surface area (Å²) >= 11 is 0. The molecule has 0 aliphatic heterocycles. The zero-order valence-electron chi connectivity index (χ0n) is 12.2. The normalized spacial score (nSPS) is 10.3. The molecule has 0 radical (unpaired) electrons. The molecule has 0 saturated heterocycles. The van der Waals surface area contributed by atoms with E-state index in [4.69, 9.17) is 14.9 Å². The van der Waals surface area contributed by atoms with Crippen molar-refractivity contribution in [3.63, 3.8) is 0 Å². The van der Waals surface area contributed by atoms with E-state index in [1.165, 1.54) is 7.11 Å². The van der Waals surface area contributed by atoms with Gasteiger partial charge in [-0.3, -0.25) is 9.59 Å². The van der Waals surface area contributed by atoms with Crippen molar-refractivity contribution in [2.45, 2.75) is 19.3 Å². The van der Waals surface area contributed by atoms with E-state index in [-0.39, 0.29) is 6.42 Å². The summed E-state index contributed by atoms with van der Waals surface area (Å²) in [4.78, 5) is 33.9. The Labute approximate surface area is 128 Å². The second-order valence-corrected chi connectivity index (χ2v) is 4.70. The maximum atomic E-state index is 11.8. The number of rotatable bonds is 8. The van der Waals surface area contributed by atoms with Crippen LogP contribution < -0.4 is 0 Å². The predicted molar refractivity (Wildman–Crippen MR) is 78.8 cm³/mol. The quantitative estimate of drug-likeness (QED) is 0.432. The van der Waals surface area contributed by atoms with E-state index in [1.54, 1.807) is 24.3 Å². The summed E-state index contributed by atoms with van der Waals surface area (Å²) in [7, 11) is 1.25. The molecule has 0 fully saturated rings. The highest BCUT2D eigenvalue weighted by atomic mass is 16.5. The van der Waals surface area contributed by atoms with Crippen LogP contribution in [0.3, 0.4) is 0 Å². The van der Waals surface area contributed by atoms with Gasteiger partial charge in [0.2, 0.25) is 0 Å². The smallest absolute Gasteiger partial charge is 0.338 e. The molecule has 118 valence electrons. The van der Waals surface area contributed by atoms with E-state index >= 15 is 0 Å². The molecule has 1 aromatic carbocycles. The summed E-state index contributed by atoms with van der Waals surface area (Å²) < 4.78 is 4.71. The topological polar surface area (TPSA) is 101 Å². The average Bonchev–Trinajstić information content (AvgIpc) is 2.49. The third-order valence-electron chi connectivity index (χ3n) is 3.30. The average molecular weight is 306 g/mol. The van der Waals surface area contributed by atoms with E-state index in [0.717, 1.165) is 0 Å². The van der Waals surface area contributed by atoms with Crippen molar-refractivity contribution in [3.8, 4) is 0 Å². The lowest BCUT2D eigenvalue weighted by molar-refractivity contribution is -0.154. The highest BCUT2D eigenvalue weighted by molar-refractivity contribution is 5.94. The molecular weight excluding hydrogens is 288 g/mol. The van der Waals surface area contributed by atoms with E-state index in [1.807, 2.05) is 0 Å². The van der Waals surface area contributed by atoms with Crippen LogP contribution in [-0.2, 0) is 27.2 Å². The number of allylic oxidation sites excluding steroid dienone is 1. The molecule has 0 aliphatic carbocycles. The minimum absolute atomic E-state index is 0.192. The summed E-state index contributed by atoms with van der Waals surface area (Å²) in [6.45, 7) is 3.61.